The SMILES string of the molecule is CNC(=O)c1nc(N2CCCCCC2)c2oc3ccccc3c2n1. The van der Waals surface area contributed by atoms with Crippen LogP contribution in [0.1, 0.15) is 36.3 Å². The molecule has 1 aromatic carbocycles. The molecule has 1 fully saturated rings. The Morgan fingerprint density at radius 1 is 1.12 bits per heavy atom. The molecule has 1 amide bonds. The van der Waals surface area contributed by atoms with E-state index in [-0.39, 0.29) is 11.7 Å². The molecule has 0 saturated carbocycles. The minimum Gasteiger partial charge on any atom is -0.450 e. The van der Waals surface area contributed by atoms with Crippen molar-refractivity contribution < 1.29 is 9.21 Å². The van der Waals surface area contributed by atoms with Crippen molar-refractivity contribution in [2.24, 2.45) is 0 Å². The molecule has 6 nitrogen and oxygen atoms in total. The van der Waals surface area contributed by atoms with Gasteiger partial charge in [-0.3, -0.25) is 4.79 Å². The fourth-order valence-electron chi connectivity index (χ4n) is 3.29. The number of fused-ring (bicyclic) bond motifs is 3. The molecule has 0 bridgehead atoms. The van der Waals surface area contributed by atoms with Crippen LogP contribution in [0, 0.1) is 0 Å². The van der Waals surface area contributed by atoms with E-state index in [1.807, 2.05) is 24.3 Å². The zero-order valence-electron chi connectivity index (χ0n) is 13.7. The van der Waals surface area contributed by atoms with Gasteiger partial charge in [-0.25, -0.2) is 9.97 Å². The van der Waals surface area contributed by atoms with E-state index in [4.69, 9.17) is 4.42 Å². The molecule has 4 rings (SSSR count). The maximum absolute atomic E-state index is 12.1. The fraction of sp³-hybridized carbons (Fsp3) is 0.389. The molecule has 1 N–H and O–H groups in total. The van der Waals surface area contributed by atoms with Crippen LogP contribution in [0.15, 0.2) is 28.7 Å². The fourth-order valence-corrected chi connectivity index (χ4v) is 3.29. The van der Waals surface area contributed by atoms with Crippen molar-refractivity contribution >= 4 is 33.8 Å². The molecule has 1 saturated heterocycles. The Kier molecular flexibility index (Phi) is 3.80. The van der Waals surface area contributed by atoms with E-state index >= 15 is 0 Å². The zero-order valence-corrected chi connectivity index (χ0v) is 13.7. The maximum Gasteiger partial charge on any atom is 0.288 e. The summed E-state index contributed by atoms with van der Waals surface area (Å²) < 4.78 is 6.05. The van der Waals surface area contributed by atoms with Gasteiger partial charge in [-0.05, 0) is 25.0 Å². The molecule has 3 aromatic rings. The normalized spacial score (nSPS) is 15.6. The second-order valence-corrected chi connectivity index (χ2v) is 6.13. The van der Waals surface area contributed by atoms with Gasteiger partial charge in [0.05, 0.1) is 0 Å². The summed E-state index contributed by atoms with van der Waals surface area (Å²) in [6, 6.07) is 7.77. The second-order valence-electron chi connectivity index (χ2n) is 6.13. The van der Waals surface area contributed by atoms with Gasteiger partial charge in [0.15, 0.2) is 11.4 Å². The summed E-state index contributed by atoms with van der Waals surface area (Å²) in [5.41, 5.74) is 2.15. The first-order chi connectivity index (χ1) is 11.8. The average Bonchev–Trinajstić information content (AvgIpc) is 2.80. The lowest BCUT2D eigenvalue weighted by atomic mass is 10.2. The van der Waals surface area contributed by atoms with Gasteiger partial charge in [0.2, 0.25) is 5.82 Å². The number of carbonyl (C=O) groups is 1. The number of aromatic nitrogens is 2. The molecular formula is C18H20N4O2. The molecule has 2 aromatic heterocycles. The quantitative estimate of drug-likeness (QED) is 0.784. The van der Waals surface area contributed by atoms with Crippen LogP contribution >= 0.6 is 0 Å². The Labute approximate surface area is 139 Å². The summed E-state index contributed by atoms with van der Waals surface area (Å²) in [5.74, 6) is 0.644. The van der Waals surface area contributed by atoms with E-state index in [1.165, 1.54) is 12.8 Å². The van der Waals surface area contributed by atoms with Gasteiger partial charge < -0.3 is 14.6 Å². The van der Waals surface area contributed by atoms with Gasteiger partial charge >= 0.3 is 0 Å². The summed E-state index contributed by atoms with van der Waals surface area (Å²) >= 11 is 0. The number of nitrogens with one attached hydrogen (secondary N) is 1. The first kappa shape index (κ1) is 14.9. The molecule has 0 atom stereocenters. The molecule has 0 aliphatic carbocycles. The minimum atomic E-state index is -0.279. The van der Waals surface area contributed by atoms with Gasteiger partial charge in [0.1, 0.15) is 11.1 Å². The standard InChI is InChI=1S/C18H20N4O2/c1-19-18(23)16-20-14-12-8-4-5-9-13(12)24-15(14)17(21-16)22-10-6-2-3-7-11-22/h4-5,8-9H,2-3,6-7,10-11H2,1H3,(H,19,23). The Balaban J connectivity index is 1.96. The predicted molar refractivity (Wildman–Crippen MR) is 93.4 cm³/mol. The summed E-state index contributed by atoms with van der Waals surface area (Å²) in [5, 5.41) is 3.53. The van der Waals surface area contributed by atoms with E-state index in [0.717, 1.165) is 42.7 Å². The molecule has 0 radical (unpaired) electrons. The Bertz CT molecular complexity index is 895. The number of amides is 1. The van der Waals surface area contributed by atoms with Crippen molar-refractivity contribution in [2.45, 2.75) is 25.7 Å². The van der Waals surface area contributed by atoms with Crippen LogP contribution < -0.4 is 10.2 Å². The summed E-state index contributed by atoms with van der Waals surface area (Å²) in [4.78, 5) is 23.4. The second kappa shape index (κ2) is 6.11. The molecule has 6 heteroatoms. The third-order valence-corrected chi connectivity index (χ3v) is 4.54. The molecule has 3 heterocycles. The largest absolute Gasteiger partial charge is 0.450 e. The molecule has 1 aliphatic heterocycles. The topological polar surface area (TPSA) is 71.3 Å². The average molecular weight is 324 g/mol. The molecule has 0 spiro atoms. The Morgan fingerprint density at radius 3 is 2.62 bits per heavy atom. The number of para-hydroxylation sites is 1. The lowest BCUT2D eigenvalue weighted by molar-refractivity contribution is 0.0953. The van der Waals surface area contributed by atoms with Gasteiger partial charge in [-0.2, -0.15) is 0 Å². The smallest absolute Gasteiger partial charge is 0.288 e. The van der Waals surface area contributed by atoms with E-state index < -0.39 is 0 Å². The Morgan fingerprint density at radius 2 is 1.88 bits per heavy atom. The van der Waals surface area contributed by atoms with Crippen molar-refractivity contribution in [3.63, 3.8) is 0 Å². The number of rotatable bonds is 2. The lowest BCUT2D eigenvalue weighted by Gasteiger charge is -2.21. The number of nitrogens with zero attached hydrogens (tertiary/aromatic N) is 3. The molecular weight excluding hydrogens is 304 g/mol. The van der Waals surface area contributed by atoms with Gasteiger partial charge in [0.25, 0.3) is 5.91 Å². The lowest BCUT2D eigenvalue weighted by Crippen LogP contribution is -2.27. The van der Waals surface area contributed by atoms with Crippen molar-refractivity contribution in [3.8, 4) is 0 Å². The summed E-state index contributed by atoms with van der Waals surface area (Å²) in [7, 11) is 1.59. The van der Waals surface area contributed by atoms with Crippen LogP contribution in [-0.2, 0) is 0 Å². The number of carbonyl (C=O) groups excluding carboxylic acids is 1. The predicted octanol–water partition coefficient (Wildman–Crippen LogP) is 3.12. The van der Waals surface area contributed by atoms with Crippen LogP contribution in [0.4, 0.5) is 5.82 Å². The number of hydrogen-bond donors (Lipinski definition) is 1. The Hall–Kier alpha value is -2.63. The molecule has 124 valence electrons. The van der Waals surface area contributed by atoms with Gasteiger partial charge in [0, 0.05) is 25.5 Å². The molecule has 0 unspecified atom stereocenters. The van der Waals surface area contributed by atoms with Crippen LogP contribution in [0.3, 0.4) is 0 Å². The number of furan rings is 1. The molecule has 24 heavy (non-hydrogen) atoms. The highest BCUT2D eigenvalue weighted by atomic mass is 16.3. The van der Waals surface area contributed by atoms with Crippen molar-refractivity contribution in [2.75, 3.05) is 25.0 Å². The number of anilines is 1. The van der Waals surface area contributed by atoms with Crippen LogP contribution in [-0.4, -0.2) is 36.0 Å². The number of benzene rings is 1. The van der Waals surface area contributed by atoms with E-state index in [9.17, 15) is 4.79 Å². The monoisotopic (exact) mass is 324 g/mol. The van der Waals surface area contributed by atoms with E-state index in [1.54, 1.807) is 7.05 Å². The van der Waals surface area contributed by atoms with Crippen LogP contribution in [0.5, 0.6) is 0 Å². The zero-order chi connectivity index (χ0) is 16.5. The number of hydrogen-bond acceptors (Lipinski definition) is 5. The highest BCUT2D eigenvalue weighted by molar-refractivity contribution is 6.07. The third kappa shape index (κ3) is 2.48. The molecule has 1 aliphatic rings. The van der Waals surface area contributed by atoms with Gasteiger partial charge in [-0.15, -0.1) is 0 Å². The van der Waals surface area contributed by atoms with Gasteiger partial charge in [-0.1, -0.05) is 25.0 Å². The maximum atomic E-state index is 12.1. The van der Waals surface area contributed by atoms with Crippen molar-refractivity contribution in [3.05, 3.63) is 30.1 Å². The van der Waals surface area contributed by atoms with E-state index in [0.29, 0.717) is 11.1 Å². The summed E-state index contributed by atoms with van der Waals surface area (Å²) in [6.45, 7) is 1.85. The minimum absolute atomic E-state index is 0.191. The third-order valence-electron chi connectivity index (χ3n) is 4.54. The van der Waals surface area contributed by atoms with Crippen molar-refractivity contribution in [1.82, 2.24) is 15.3 Å². The first-order valence-corrected chi connectivity index (χ1v) is 8.44. The van der Waals surface area contributed by atoms with Crippen LogP contribution in [0.25, 0.3) is 22.1 Å². The first-order valence-electron chi connectivity index (χ1n) is 8.44. The highest BCUT2D eigenvalue weighted by Crippen LogP contribution is 2.33. The summed E-state index contributed by atoms with van der Waals surface area (Å²) in [6.07, 6.45) is 4.71. The van der Waals surface area contributed by atoms with Crippen LogP contribution in [0.2, 0.25) is 0 Å². The van der Waals surface area contributed by atoms with Crippen molar-refractivity contribution in [1.29, 1.82) is 0 Å². The van der Waals surface area contributed by atoms with E-state index in [2.05, 4.69) is 20.2 Å². The highest BCUT2D eigenvalue weighted by Gasteiger charge is 2.22.